The van der Waals surface area contributed by atoms with Gasteiger partial charge >= 0.3 is 0 Å². The van der Waals surface area contributed by atoms with E-state index < -0.39 is 5.60 Å². The van der Waals surface area contributed by atoms with E-state index in [1.54, 1.807) is 31.8 Å². The van der Waals surface area contributed by atoms with Crippen molar-refractivity contribution in [1.29, 1.82) is 0 Å². The molecular formula is C13H17N3O2. The van der Waals surface area contributed by atoms with Crippen LogP contribution < -0.4 is 4.74 Å². The molecule has 5 nitrogen and oxygen atoms in total. The fraction of sp³-hybridized carbons (Fsp3) is 0.385. The van der Waals surface area contributed by atoms with Gasteiger partial charge in [0.25, 0.3) is 0 Å². The van der Waals surface area contributed by atoms with Crippen LogP contribution in [0.15, 0.2) is 30.5 Å². The molecule has 0 saturated heterocycles. The molecule has 0 aliphatic carbocycles. The normalized spacial score (nSPS) is 11.6. The molecule has 0 unspecified atom stereocenters. The average molecular weight is 247 g/mol. The second-order valence-electron chi connectivity index (χ2n) is 4.82. The molecule has 1 aromatic heterocycles. The van der Waals surface area contributed by atoms with Crippen molar-refractivity contribution in [3.8, 4) is 11.4 Å². The second kappa shape index (κ2) is 4.78. The summed E-state index contributed by atoms with van der Waals surface area (Å²) in [7, 11) is 1.62. The lowest BCUT2D eigenvalue weighted by Crippen LogP contribution is -2.22. The minimum atomic E-state index is -0.790. The molecule has 96 valence electrons. The Bertz CT molecular complexity index is 529. The quantitative estimate of drug-likeness (QED) is 0.891. The summed E-state index contributed by atoms with van der Waals surface area (Å²) in [6.45, 7) is 3.49. The molecule has 0 atom stereocenters. The molecule has 0 aliphatic heterocycles. The van der Waals surface area contributed by atoms with Gasteiger partial charge in [-0.1, -0.05) is 17.3 Å². The van der Waals surface area contributed by atoms with Crippen molar-refractivity contribution in [2.75, 3.05) is 7.11 Å². The van der Waals surface area contributed by atoms with E-state index in [-0.39, 0.29) is 0 Å². The molecule has 18 heavy (non-hydrogen) atoms. The minimum absolute atomic E-state index is 0.460. The first-order valence-electron chi connectivity index (χ1n) is 5.76. The number of ether oxygens (including phenoxy) is 1. The Morgan fingerprint density at radius 3 is 2.72 bits per heavy atom. The van der Waals surface area contributed by atoms with Crippen LogP contribution in [0.25, 0.3) is 5.69 Å². The molecule has 0 saturated carbocycles. The number of hydrogen-bond acceptors (Lipinski definition) is 4. The van der Waals surface area contributed by atoms with Crippen LogP contribution in [0.4, 0.5) is 0 Å². The number of rotatable bonds is 4. The third-order valence-electron chi connectivity index (χ3n) is 2.49. The maximum absolute atomic E-state index is 9.75. The molecule has 2 rings (SSSR count). The lowest BCUT2D eigenvalue weighted by Gasteiger charge is -2.14. The Morgan fingerprint density at radius 2 is 2.06 bits per heavy atom. The maximum atomic E-state index is 9.75. The Kier molecular flexibility index (Phi) is 3.34. The van der Waals surface area contributed by atoms with Gasteiger partial charge in [0.05, 0.1) is 24.6 Å². The number of aromatic nitrogens is 3. The Morgan fingerprint density at radius 1 is 1.33 bits per heavy atom. The largest absolute Gasteiger partial charge is 0.494 e. The first kappa shape index (κ1) is 12.6. The maximum Gasteiger partial charge on any atom is 0.144 e. The van der Waals surface area contributed by atoms with Gasteiger partial charge in [0.15, 0.2) is 0 Å². The van der Waals surface area contributed by atoms with Crippen LogP contribution in [-0.4, -0.2) is 32.8 Å². The van der Waals surface area contributed by atoms with Crippen LogP contribution in [0.2, 0.25) is 0 Å². The topological polar surface area (TPSA) is 60.2 Å². The molecule has 0 amide bonds. The summed E-state index contributed by atoms with van der Waals surface area (Å²) in [6.07, 6.45) is 2.26. The molecule has 1 N–H and O–H groups in total. The standard InChI is InChI=1S/C13H17N3O2/c1-13(2,17)8-10-9-16(15-14-10)11-6-4-5-7-12(11)18-3/h4-7,9,17H,8H2,1-3H3. The molecule has 1 heterocycles. The highest BCUT2D eigenvalue weighted by Crippen LogP contribution is 2.21. The molecule has 1 aromatic carbocycles. The molecule has 2 aromatic rings. The van der Waals surface area contributed by atoms with Crippen LogP contribution in [-0.2, 0) is 6.42 Å². The van der Waals surface area contributed by atoms with Gasteiger partial charge < -0.3 is 9.84 Å². The van der Waals surface area contributed by atoms with Gasteiger partial charge in [0.2, 0.25) is 0 Å². The van der Waals surface area contributed by atoms with Crippen molar-refractivity contribution < 1.29 is 9.84 Å². The molecule has 0 fully saturated rings. The molecule has 0 aliphatic rings. The third kappa shape index (κ3) is 2.87. The van der Waals surface area contributed by atoms with Gasteiger partial charge in [-0.05, 0) is 26.0 Å². The number of para-hydroxylation sites is 2. The van der Waals surface area contributed by atoms with Gasteiger partial charge in [-0.2, -0.15) is 0 Å². The molecule has 0 radical (unpaired) electrons. The lowest BCUT2D eigenvalue weighted by molar-refractivity contribution is 0.0799. The van der Waals surface area contributed by atoms with Crippen molar-refractivity contribution in [1.82, 2.24) is 15.0 Å². The van der Waals surface area contributed by atoms with Gasteiger partial charge in [-0.15, -0.1) is 5.10 Å². The summed E-state index contributed by atoms with van der Waals surface area (Å²) in [5, 5.41) is 17.9. The van der Waals surface area contributed by atoms with Crippen LogP contribution in [0.3, 0.4) is 0 Å². The van der Waals surface area contributed by atoms with Crippen LogP contribution in [0.5, 0.6) is 5.75 Å². The molecule has 5 heteroatoms. The average Bonchev–Trinajstić information content (AvgIpc) is 2.75. The number of hydrogen-bond donors (Lipinski definition) is 1. The summed E-state index contributed by atoms with van der Waals surface area (Å²) in [5.41, 5.74) is 0.782. The van der Waals surface area contributed by atoms with Gasteiger partial charge in [-0.25, -0.2) is 4.68 Å². The van der Waals surface area contributed by atoms with Gasteiger partial charge in [-0.3, -0.25) is 0 Å². The lowest BCUT2D eigenvalue weighted by atomic mass is 10.0. The van der Waals surface area contributed by atoms with E-state index in [1.807, 2.05) is 24.3 Å². The first-order valence-corrected chi connectivity index (χ1v) is 5.76. The summed E-state index contributed by atoms with van der Waals surface area (Å²) in [4.78, 5) is 0. The third-order valence-corrected chi connectivity index (χ3v) is 2.49. The van der Waals surface area contributed by atoms with E-state index >= 15 is 0 Å². The van der Waals surface area contributed by atoms with E-state index in [2.05, 4.69) is 10.3 Å². The Balaban J connectivity index is 2.29. The van der Waals surface area contributed by atoms with Crippen molar-refractivity contribution in [3.63, 3.8) is 0 Å². The second-order valence-corrected chi connectivity index (χ2v) is 4.82. The van der Waals surface area contributed by atoms with Crippen molar-refractivity contribution in [2.45, 2.75) is 25.9 Å². The molecule has 0 spiro atoms. The number of methoxy groups -OCH3 is 1. The van der Waals surface area contributed by atoms with E-state index in [0.717, 1.165) is 17.1 Å². The van der Waals surface area contributed by atoms with Crippen LogP contribution in [0, 0.1) is 0 Å². The summed E-state index contributed by atoms with van der Waals surface area (Å²) in [5.74, 6) is 0.734. The smallest absolute Gasteiger partial charge is 0.144 e. The number of benzene rings is 1. The minimum Gasteiger partial charge on any atom is -0.494 e. The zero-order valence-corrected chi connectivity index (χ0v) is 10.8. The Labute approximate surface area is 106 Å². The molecule has 0 bridgehead atoms. The van der Waals surface area contributed by atoms with Crippen LogP contribution >= 0.6 is 0 Å². The summed E-state index contributed by atoms with van der Waals surface area (Å²) < 4.78 is 6.92. The zero-order chi connectivity index (χ0) is 13.2. The zero-order valence-electron chi connectivity index (χ0n) is 10.8. The van der Waals surface area contributed by atoms with Crippen molar-refractivity contribution in [3.05, 3.63) is 36.2 Å². The fourth-order valence-corrected chi connectivity index (χ4v) is 1.76. The predicted octanol–water partition coefficient (Wildman–Crippen LogP) is 1.59. The van der Waals surface area contributed by atoms with Crippen molar-refractivity contribution >= 4 is 0 Å². The van der Waals surface area contributed by atoms with E-state index in [4.69, 9.17) is 4.74 Å². The van der Waals surface area contributed by atoms with Gasteiger partial charge in [0.1, 0.15) is 11.4 Å². The van der Waals surface area contributed by atoms with E-state index in [0.29, 0.717) is 6.42 Å². The fourth-order valence-electron chi connectivity index (χ4n) is 1.76. The van der Waals surface area contributed by atoms with E-state index in [9.17, 15) is 5.11 Å². The number of aliphatic hydroxyl groups is 1. The monoisotopic (exact) mass is 247 g/mol. The van der Waals surface area contributed by atoms with Crippen molar-refractivity contribution in [2.24, 2.45) is 0 Å². The highest BCUT2D eigenvalue weighted by atomic mass is 16.5. The summed E-state index contributed by atoms with van der Waals surface area (Å²) >= 11 is 0. The predicted molar refractivity (Wildman–Crippen MR) is 67.9 cm³/mol. The SMILES string of the molecule is COc1ccccc1-n1cc(CC(C)(C)O)nn1. The highest BCUT2D eigenvalue weighted by Gasteiger charge is 2.16. The van der Waals surface area contributed by atoms with E-state index in [1.165, 1.54) is 0 Å². The number of nitrogens with zero attached hydrogens (tertiary/aromatic N) is 3. The van der Waals surface area contributed by atoms with Gasteiger partial charge in [0, 0.05) is 6.42 Å². The highest BCUT2D eigenvalue weighted by molar-refractivity contribution is 5.45. The summed E-state index contributed by atoms with van der Waals surface area (Å²) in [6, 6.07) is 7.58. The Hall–Kier alpha value is -1.88. The molecular weight excluding hydrogens is 230 g/mol. The first-order chi connectivity index (χ1) is 8.49. The van der Waals surface area contributed by atoms with Crippen LogP contribution in [0.1, 0.15) is 19.5 Å².